The second-order valence-corrected chi connectivity index (χ2v) is 33.3. The minimum absolute atomic E-state index is 0. The standard InChI is InChI=1S/2C23H39O17.C14H26O10.2C8H16O5.5CHNO.2Y/c1-8-10(27)4-23(22(33)34,40-19(8)15(29)11(28)5-24)36-7-13-16(30)17(31)18(32)21(38-13)39-20-9(26)3-14(35-2)37-12(20)6-25;1-8-10(28)4-23(22(33)34,39-18(8)15(30)11(29)5-24)40-20-16(31)12(6-25)37-21(17(20)32)38-19-9(27)3-14(35-2)36-13(19)7-26;1-5-8(17)12(7(4-16)23-13(5)21-2)24-14-11(20)10(19)9(18)6(3-15)22-14;2*1-4-6(10)7(11)5(3-9)13-8(4)12-2;5*2-1-3;;/h2*3,8-21,24-32H,4-7H2,1-2H3,(H,33,34);5-20H,3-4H2,1-2H3;2*4-11H,3H2,1-2H3;5*3H;;/q2*-1;;;;;;;;;;/t8-,9-,10?,11-,12?,13?,14?,15-,16+,17+,18?,19?,20+,21+,23-;8-,9-,10?,11-,12?,13?,14?,15-,16+,17?,18?,19+,20+,21+,23+;5?,6?,7?,8-,9+,10+,11?,12-,13?,14+;4?,5?,6-,7+,8?;4?,5?,6-,7-,8?;;;;;;;/m11111......./s1. The van der Waals surface area contributed by atoms with Gasteiger partial charge in [-0.15, -0.1) is 0 Å². The number of carbonyl (C=O) groups is 2. The molecule has 10 aliphatic heterocycles. The molecule has 10 fully saturated rings. The number of hydrogen-bond acceptors (Lipinski definition) is 62. The minimum Gasteiger partial charge on any atom is -0.477 e. The average molecular weight is 2310 g/mol. The van der Waals surface area contributed by atoms with E-state index in [1.807, 2.05) is 0 Å². The maximum absolute atomic E-state index is 12.4. The fourth-order valence-electron chi connectivity index (χ4n) is 15.7. The first-order valence-electron chi connectivity index (χ1n) is 43.9. The van der Waals surface area contributed by atoms with Gasteiger partial charge in [0.05, 0.1) is 121 Å². The maximum Gasteiger partial charge on any atom is 0.364 e. The number of rotatable bonds is 31. The molecule has 0 bridgehead atoms. The van der Waals surface area contributed by atoms with Crippen LogP contribution in [0, 0.1) is 100 Å². The van der Waals surface area contributed by atoms with Crippen LogP contribution in [0.25, 0.3) is 0 Å². The van der Waals surface area contributed by atoms with Gasteiger partial charge in [0.25, 0.3) is 42.9 Å². The second-order valence-electron chi connectivity index (χ2n) is 33.3. The third-order valence-electron chi connectivity index (χ3n) is 24.2. The Hall–Kier alpha value is -4.40. The Labute approximate surface area is 890 Å². The number of ether oxygens (including phenoxy) is 20. The van der Waals surface area contributed by atoms with Crippen molar-refractivity contribution in [1.82, 2.24) is 0 Å². The summed E-state index contributed by atoms with van der Waals surface area (Å²) in [6.45, 7) is 1.45. The fourth-order valence-corrected chi connectivity index (χ4v) is 15.7. The van der Waals surface area contributed by atoms with Crippen LogP contribution in [0.4, 0.5) is 0 Å². The number of aliphatic hydroxyl groups excluding tert-OH is 35. The van der Waals surface area contributed by atoms with Crippen molar-refractivity contribution in [2.24, 2.45) is 29.6 Å². The SMILES string of the molecule is COC1OC(CO)[C@@H](O)[C@H](O)C1C.COC1OC(CO)[C@@H](O[C@@H]2OC(CO)[C@H](O)[C@H](O)C2O)[C@H](O)C1C.COC1OC(CO)[C@H](O)[C@H](O)C1C.COC1[CH-][C@@H](O)[C@H](O[C@@H]2OC(CO)[C@H](O)[C@H](O[C@]3(C(=O)O)CC(O)[C@@H](C)C([C@H](O)[C@H](O)CO)O3)C2O)C(CO)O1.COC1[CH-][C@@H](O)[C@H](O[C@@H]2OC(CO[C@]3(C(=O)O)CC(O)[C@@H](C)C([C@H](O)[C@H](O)CO)O3)[C@H](O)[C@H](O)C2O)C(CO)O1.N#CO.N#CO.N#CO.N#CO.N#CO.[Y].[Y]. The summed E-state index contributed by atoms with van der Waals surface area (Å²) in [6, 6.07) is 0. The molecule has 64 nitrogen and oxygen atoms in total. The van der Waals surface area contributed by atoms with Crippen LogP contribution >= 0.6 is 0 Å². The molecule has 0 aromatic heterocycles. The van der Waals surface area contributed by atoms with Crippen LogP contribution in [0.15, 0.2) is 0 Å². The molecule has 0 aromatic rings. The summed E-state index contributed by atoms with van der Waals surface area (Å²) >= 11 is 0. The molecule has 0 aliphatic carbocycles. The molecule has 66 heteroatoms. The smallest absolute Gasteiger partial charge is 0.364 e. The van der Waals surface area contributed by atoms with Crippen molar-refractivity contribution in [3.63, 3.8) is 0 Å². The van der Waals surface area contributed by atoms with Crippen LogP contribution in [0.5, 0.6) is 0 Å². The molecule has 147 heavy (non-hydrogen) atoms. The van der Waals surface area contributed by atoms with Gasteiger partial charge in [0.15, 0.2) is 37.7 Å². The van der Waals surface area contributed by atoms with E-state index in [1.165, 1.54) is 62.2 Å². The quantitative estimate of drug-likeness (QED) is 0.0226. The van der Waals surface area contributed by atoms with Gasteiger partial charge < -0.3 is 284 Å². The number of methoxy groups -OCH3 is 5. The van der Waals surface area contributed by atoms with E-state index in [4.69, 9.17) is 157 Å². The van der Waals surface area contributed by atoms with Crippen molar-refractivity contribution >= 4 is 11.9 Å². The van der Waals surface area contributed by atoms with Gasteiger partial charge in [-0.1, -0.05) is 34.6 Å². The molecule has 0 amide bonds. The Kier molecular flexibility index (Phi) is 71.3. The third kappa shape index (κ3) is 40.0. The Morgan fingerprint density at radius 2 is 0.599 bits per heavy atom. The molecule has 37 N–H and O–H groups in total. The van der Waals surface area contributed by atoms with Crippen molar-refractivity contribution < 1.29 is 359 Å². The fraction of sp³-hybridized carbons (Fsp3) is 0.889. The molecule has 10 aliphatic rings. The largest absolute Gasteiger partial charge is 0.477 e. The van der Waals surface area contributed by atoms with Crippen molar-refractivity contribution in [2.75, 3.05) is 102 Å². The van der Waals surface area contributed by atoms with Crippen LogP contribution in [0.3, 0.4) is 0 Å². The van der Waals surface area contributed by atoms with Crippen molar-refractivity contribution in [1.29, 1.82) is 26.3 Å². The van der Waals surface area contributed by atoms with Crippen LogP contribution < -0.4 is 0 Å². The van der Waals surface area contributed by atoms with Gasteiger partial charge in [-0.2, -0.15) is 26.3 Å². The normalized spacial score (nSPS) is 41.7. The number of carboxylic acid groups (broad SMARTS) is 2. The monoisotopic (exact) mass is 2310 g/mol. The summed E-state index contributed by atoms with van der Waals surface area (Å²) in [7, 11) is 6.92. The van der Waals surface area contributed by atoms with Crippen molar-refractivity contribution in [2.45, 2.75) is 323 Å². The Balaban J connectivity index is 0. The number of nitriles is 5. The summed E-state index contributed by atoms with van der Waals surface area (Å²) in [5.74, 6) is -11.9. The maximum atomic E-state index is 12.4. The van der Waals surface area contributed by atoms with E-state index in [1.54, 1.807) is 20.8 Å². The minimum atomic E-state index is -2.80. The first kappa shape index (κ1) is 145. The molecule has 0 aromatic carbocycles. The molecule has 0 spiro atoms. The topological polar surface area (TPSA) is 1090 Å². The van der Waals surface area contributed by atoms with Crippen LogP contribution in [0.2, 0.25) is 0 Å². The Bertz CT molecular complexity index is 3630. The van der Waals surface area contributed by atoms with E-state index < -0.39 is 371 Å². The van der Waals surface area contributed by atoms with E-state index in [-0.39, 0.29) is 90.5 Å². The van der Waals surface area contributed by atoms with E-state index in [9.17, 15) is 163 Å². The molecule has 10 heterocycles. The van der Waals surface area contributed by atoms with Gasteiger partial charge in [0.2, 0.25) is 0 Å². The molecule has 50 atom stereocenters. The van der Waals surface area contributed by atoms with Crippen LogP contribution in [-0.2, 0) is 170 Å². The number of carboxylic acids is 2. The molecular weight excluding hydrogens is 2160 g/mol. The molecule has 10 rings (SSSR count). The second kappa shape index (κ2) is 72.4. The summed E-state index contributed by atoms with van der Waals surface area (Å²) in [4.78, 5) is 24.7. The summed E-state index contributed by atoms with van der Waals surface area (Å²) in [5, 5.41) is 386. The number of aliphatic carboxylic acids is 2. The van der Waals surface area contributed by atoms with E-state index in [0.717, 1.165) is 31.3 Å². The summed E-state index contributed by atoms with van der Waals surface area (Å²) in [6.07, 6.45) is -53.9. The van der Waals surface area contributed by atoms with Gasteiger partial charge in [-0.3, -0.25) is 0 Å². The predicted octanol–water partition coefficient (Wildman–Crippen LogP) is -18.0. The van der Waals surface area contributed by atoms with Gasteiger partial charge in [0.1, 0.15) is 146 Å². The van der Waals surface area contributed by atoms with Crippen molar-refractivity contribution in [3.8, 4) is 31.3 Å². The summed E-state index contributed by atoms with van der Waals surface area (Å²) < 4.78 is 107. The first-order chi connectivity index (χ1) is 68.3. The molecule has 23 unspecified atom stereocenters. The van der Waals surface area contributed by atoms with Crippen molar-refractivity contribution in [3.05, 3.63) is 12.8 Å². The van der Waals surface area contributed by atoms with Gasteiger partial charge in [-0.05, 0) is 12.2 Å². The van der Waals surface area contributed by atoms with Crippen LogP contribution in [0.1, 0.15) is 47.5 Å². The molecule has 2 radical (unpaired) electrons. The molecular formula is C81H141N5O59Y2-2. The molecule has 10 saturated heterocycles. The number of aliphatic hydroxyl groups is 35. The van der Waals surface area contributed by atoms with E-state index in [0.29, 0.717) is 0 Å². The Morgan fingerprint density at radius 1 is 0.333 bits per heavy atom. The van der Waals surface area contributed by atoms with Gasteiger partial charge >= 0.3 is 11.9 Å². The zero-order valence-electron chi connectivity index (χ0n) is 80.8. The number of nitrogens with zero attached hydrogens (tertiary/aromatic N) is 5. The van der Waals surface area contributed by atoms with E-state index in [2.05, 4.69) is 0 Å². The predicted molar refractivity (Wildman–Crippen MR) is 452 cm³/mol. The molecule has 0 saturated carbocycles. The van der Waals surface area contributed by atoms with Gasteiger partial charge in [-0.25, -0.2) is 22.4 Å². The average Bonchev–Trinajstić information content (AvgIpc) is 0.747. The zero-order chi connectivity index (χ0) is 111. The summed E-state index contributed by atoms with van der Waals surface area (Å²) in [5.41, 5.74) is 0. The zero-order valence-corrected chi connectivity index (χ0v) is 86.4. The molecule has 852 valence electrons. The van der Waals surface area contributed by atoms with Gasteiger partial charge in [0, 0.05) is 156 Å². The Morgan fingerprint density at radius 3 is 0.912 bits per heavy atom. The first-order valence-corrected chi connectivity index (χ1v) is 43.9. The van der Waals surface area contributed by atoms with E-state index >= 15 is 0 Å². The van der Waals surface area contributed by atoms with Crippen LogP contribution in [-0.4, -0.2) is 578 Å². The number of hydrogen-bond donors (Lipinski definition) is 37. The third-order valence-corrected chi connectivity index (χ3v) is 24.2.